The van der Waals surface area contributed by atoms with Gasteiger partial charge in [0.15, 0.2) is 0 Å². The molecule has 1 aliphatic heterocycles. The Morgan fingerprint density at radius 1 is 0.714 bits per heavy atom. The lowest BCUT2D eigenvalue weighted by Crippen LogP contribution is -2.47. The molecule has 35 heavy (non-hydrogen) atoms. The van der Waals surface area contributed by atoms with E-state index in [1.807, 2.05) is 25.1 Å². The van der Waals surface area contributed by atoms with Crippen LogP contribution in [0, 0.1) is 6.92 Å². The van der Waals surface area contributed by atoms with Crippen molar-refractivity contribution in [2.45, 2.75) is 29.9 Å². The molecule has 0 aliphatic carbocycles. The predicted molar refractivity (Wildman–Crippen MR) is 139 cm³/mol. The third kappa shape index (κ3) is 4.55. The Balaban J connectivity index is 1.55. The van der Waals surface area contributed by atoms with E-state index in [2.05, 4.69) is 77.7 Å². The van der Waals surface area contributed by atoms with Gasteiger partial charge in [-0.25, -0.2) is 0 Å². The second-order valence-electron chi connectivity index (χ2n) is 9.03. The summed E-state index contributed by atoms with van der Waals surface area (Å²) in [5.74, 6) is 0. The molecule has 178 valence electrons. The maximum atomic E-state index is 13.0. The van der Waals surface area contributed by atoms with Gasteiger partial charge in [-0.15, -0.1) is 0 Å². The zero-order chi connectivity index (χ0) is 24.3. The van der Waals surface area contributed by atoms with Crippen LogP contribution in [-0.2, 0) is 19.8 Å². The summed E-state index contributed by atoms with van der Waals surface area (Å²) < 4.78 is 31.8. The Morgan fingerprint density at radius 3 is 1.63 bits per heavy atom. The third-order valence-electron chi connectivity index (χ3n) is 6.77. The van der Waals surface area contributed by atoms with Crippen LogP contribution in [0.2, 0.25) is 0 Å². The monoisotopic (exact) mass is 483 g/mol. The summed E-state index contributed by atoms with van der Waals surface area (Å²) in [7, 11) is -3.85. The lowest BCUT2D eigenvalue weighted by atomic mass is 9.75. The standard InChI is InChI=1S/C30H29NO3S/c1-24-17-19-29(20-18-24)35(32,33)34-28-21-22-31(23-28)30(25-11-5-2-6-12-25,26-13-7-3-8-14-26)27-15-9-4-10-16-27/h2-20,28H,21-23H2,1H3. The summed E-state index contributed by atoms with van der Waals surface area (Å²) in [4.78, 5) is 2.56. The van der Waals surface area contributed by atoms with Crippen LogP contribution in [0.5, 0.6) is 0 Å². The van der Waals surface area contributed by atoms with Gasteiger partial charge in [-0.2, -0.15) is 8.42 Å². The number of aryl methyl sites for hydroxylation is 1. The number of hydrogen-bond donors (Lipinski definition) is 0. The normalized spacial score (nSPS) is 16.9. The minimum Gasteiger partial charge on any atom is -0.283 e. The first kappa shape index (κ1) is 23.5. The van der Waals surface area contributed by atoms with Gasteiger partial charge in [-0.3, -0.25) is 9.08 Å². The molecule has 4 aromatic rings. The number of rotatable bonds is 7. The maximum absolute atomic E-state index is 13.0. The first-order valence-electron chi connectivity index (χ1n) is 11.9. The van der Waals surface area contributed by atoms with Crippen molar-refractivity contribution >= 4 is 10.1 Å². The topological polar surface area (TPSA) is 46.6 Å². The van der Waals surface area contributed by atoms with E-state index in [9.17, 15) is 8.42 Å². The van der Waals surface area contributed by atoms with Gasteiger partial charge in [-0.05, 0) is 42.2 Å². The molecule has 5 heteroatoms. The largest absolute Gasteiger partial charge is 0.297 e. The Kier molecular flexibility index (Phi) is 6.56. The Bertz CT molecular complexity index is 1260. The number of benzene rings is 4. The van der Waals surface area contributed by atoms with Gasteiger partial charge in [0.25, 0.3) is 10.1 Å². The van der Waals surface area contributed by atoms with Crippen molar-refractivity contribution in [3.05, 3.63) is 138 Å². The van der Waals surface area contributed by atoms with Gasteiger partial charge >= 0.3 is 0 Å². The molecule has 0 saturated carbocycles. The zero-order valence-electron chi connectivity index (χ0n) is 19.7. The second-order valence-corrected chi connectivity index (χ2v) is 10.6. The van der Waals surface area contributed by atoms with Crippen LogP contribution < -0.4 is 0 Å². The van der Waals surface area contributed by atoms with Gasteiger partial charge in [0.05, 0.1) is 16.5 Å². The third-order valence-corrected chi connectivity index (χ3v) is 8.14. The van der Waals surface area contributed by atoms with Gasteiger partial charge < -0.3 is 0 Å². The molecule has 4 nitrogen and oxygen atoms in total. The van der Waals surface area contributed by atoms with E-state index in [1.54, 1.807) is 24.3 Å². The quantitative estimate of drug-likeness (QED) is 0.247. The molecule has 1 atom stereocenters. The molecule has 1 heterocycles. The summed E-state index contributed by atoms with van der Waals surface area (Å²) in [5, 5.41) is 0. The van der Waals surface area contributed by atoms with Crippen molar-refractivity contribution in [2.24, 2.45) is 0 Å². The van der Waals surface area contributed by atoms with E-state index in [1.165, 1.54) is 0 Å². The van der Waals surface area contributed by atoms with Crippen molar-refractivity contribution in [2.75, 3.05) is 13.1 Å². The summed E-state index contributed by atoms with van der Waals surface area (Å²) in [6.07, 6.45) is 0.191. The molecule has 0 radical (unpaired) electrons. The lowest BCUT2D eigenvalue weighted by Gasteiger charge is -2.43. The van der Waals surface area contributed by atoms with Gasteiger partial charge in [0.2, 0.25) is 0 Å². The minimum absolute atomic E-state index is 0.196. The zero-order valence-corrected chi connectivity index (χ0v) is 20.6. The summed E-state index contributed by atoms with van der Waals surface area (Å²) in [6.45, 7) is 3.12. The van der Waals surface area contributed by atoms with E-state index in [-0.39, 0.29) is 4.90 Å². The van der Waals surface area contributed by atoms with E-state index >= 15 is 0 Å². The van der Waals surface area contributed by atoms with E-state index in [0.29, 0.717) is 19.5 Å². The Hall–Kier alpha value is -3.25. The molecule has 0 spiro atoms. The van der Waals surface area contributed by atoms with Crippen LogP contribution in [0.15, 0.2) is 120 Å². The van der Waals surface area contributed by atoms with Crippen LogP contribution in [0.25, 0.3) is 0 Å². The fraction of sp³-hybridized carbons (Fsp3) is 0.200. The van der Waals surface area contributed by atoms with Crippen LogP contribution >= 0.6 is 0 Å². The molecular formula is C30H29NO3S. The molecule has 0 amide bonds. The van der Waals surface area contributed by atoms with Gasteiger partial charge in [-0.1, -0.05) is 109 Å². The average Bonchev–Trinajstić information content (AvgIpc) is 3.34. The number of hydrogen-bond acceptors (Lipinski definition) is 4. The van der Waals surface area contributed by atoms with Crippen molar-refractivity contribution in [1.29, 1.82) is 0 Å². The second kappa shape index (κ2) is 9.78. The number of likely N-dealkylation sites (tertiary alicyclic amines) is 1. The Labute approximate surface area is 207 Å². The van der Waals surface area contributed by atoms with Crippen LogP contribution in [0.4, 0.5) is 0 Å². The van der Waals surface area contributed by atoms with Crippen LogP contribution in [-0.4, -0.2) is 32.5 Å². The molecule has 5 rings (SSSR count). The predicted octanol–water partition coefficient (Wildman–Crippen LogP) is 5.77. The van der Waals surface area contributed by atoms with E-state index < -0.39 is 21.8 Å². The van der Waals surface area contributed by atoms with Gasteiger partial charge in [0, 0.05) is 13.1 Å². The van der Waals surface area contributed by atoms with Crippen molar-refractivity contribution < 1.29 is 12.6 Å². The minimum atomic E-state index is -3.85. The SMILES string of the molecule is Cc1ccc(S(=O)(=O)OC2CCN(C(c3ccccc3)(c3ccccc3)c3ccccc3)C2)cc1. The highest BCUT2D eigenvalue weighted by Gasteiger charge is 2.45. The maximum Gasteiger partial charge on any atom is 0.297 e. The first-order chi connectivity index (χ1) is 17.0. The molecule has 0 aromatic heterocycles. The highest BCUT2D eigenvalue weighted by Crippen LogP contribution is 2.44. The van der Waals surface area contributed by atoms with Crippen molar-refractivity contribution in [3.63, 3.8) is 0 Å². The van der Waals surface area contributed by atoms with E-state index in [4.69, 9.17) is 4.18 Å². The highest BCUT2D eigenvalue weighted by molar-refractivity contribution is 7.86. The summed E-state index contributed by atoms with van der Waals surface area (Å²) in [6, 6.07) is 38.1. The molecular weight excluding hydrogens is 454 g/mol. The average molecular weight is 484 g/mol. The molecule has 0 N–H and O–H groups in total. The van der Waals surface area contributed by atoms with Crippen LogP contribution in [0.1, 0.15) is 28.7 Å². The molecule has 1 fully saturated rings. The van der Waals surface area contributed by atoms with E-state index in [0.717, 1.165) is 22.3 Å². The summed E-state index contributed by atoms with van der Waals surface area (Å²) >= 11 is 0. The fourth-order valence-corrected chi connectivity index (χ4v) is 6.23. The molecule has 1 unspecified atom stereocenters. The first-order valence-corrected chi connectivity index (χ1v) is 13.3. The van der Waals surface area contributed by atoms with Crippen molar-refractivity contribution in [3.8, 4) is 0 Å². The smallest absolute Gasteiger partial charge is 0.283 e. The Morgan fingerprint density at radius 2 is 1.17 bits per heavy atom. The molecule has 1 aliphatic rings. The molecule has 1 saturated heterocycles. The summed E-state index contributed by atoms with van der Waals surface area (Å²) in [5.41, 5.74) is 3.85. The van der Waals surface area contributed by atoms with Gasteiger partial charge in [0.1, 0.15) is 0 Å². The van der Waals surface area contributed by atoms with Crippen molar-refractivity contribution in [1.82, 2.24) is 4.90 Å². The van der Waals surface area contributed by atoms with Crippen LogP contribution in [0.3, 0.4) is 0 Å². The lowest BCUT2D eigenvalue weighted by molar-refractivity contribution is 0.158. The molecule has 0 bridgehead atoms. The fourth-order valence-electron chi connectivity index (χ4n) is 5.14. The number of nitrogens with zero attached hydrogens (tertiary/aromatic N) is 1. The molecule has 4 aromatic carbocycles. The highest BCUT2D eigenvalue weighted by atomic mass is 32.2.